The quantitative estimate of drug-likeness (QED) is 0.588. The maximum Gasteiger partial charge on any atom is 0.312 e. The van der Waals surface area contributed by atoms with E-state index in [1.165, 1.54) is 17.2 Å². The van der Waals surface area contributed by atoms with E-state index in [4.69, 9.17) is 10.2 Å². The third-order valence-electron chi connectivity index (χ3n) is 2.05. The first kappa shape index (κ1) is 13.8. The molecule has 0 saturated carbocycles. The van der Waals surface area contributed by atoms with E-state index in [0.717, 1.165) is 0 Å². The molecule has 0 radical (unpaired) electrons. The lowest BCUT2D eigenvalue weighted by molar-refractivity contribution is -0.384. The number of pyridine rings is 1. The van der Waals surface area contributed by atoms with Crippen LogP contribution in [0.15, 0.2) is 16.7 Å². The van der Waals surface area contributed by atoms with E-state index in [9.17, 15) is 10.1 Å². The summed E-state index contributed by atoms with van der Waals surface area (Å²) >= 11 is 3.11. The molecule has 0 spiro atoms. The molecule has 0 fully saturated rings. The first-order valence-electron chi connectivity index (χ1n) is 4.86. The number of hydrogen-bond donors (Lipinski definition) is 2. The largest absolute Gasteiger partial charge is 0.395 e. The number of nitro groups is 1. The van der Waals surface area contributed by atoms with E-state index in [0.29, 0.717) is 4.47 Å². The van der Waals surface area contributed by atoms with E-state index in [-0.39, 0.29) is 37.8 Å². The smallest absolute Gasteiger partial charge is 0.312 e. The standard InChI is InChI=1S/C9H12BrN3O4/c10-7-5-8(13(16)17)9(11-6-7)12(1-3-14)2-4-15/h5-6,14-15H,1-4H2. The molecule has 0 aliphatic heterocycles. The van der Waals surface area contributed by atoms with Gasteiger partial charge in [-0.25, -0.2) is 4.98 Å². The Morgan fingerprint density at radius 3 is 2.47 bits per heavy atom. The number of aliphatic hydroxyl groups is 2. The van der Waals surface area contributed by atoms with Crippen molar-refractivity contribution in [1.82, 2.24) is 4.98 Å². The fourth-order valence-electron chi connectivity index (χ4n) is 1.36. The average molecular weight is 306 g/mol. The van der Waals surface area contributed by atoms with Gasteiger partial charge in [-0.3, -0.25) is 10.1 Å². The molecule has 0 aliphatic rings. The summed E-state index contributed by atoms with van der Waals surface area (Å²) in [5.41, 5.74) is -0.165. The third-order valence-corrected chi connectivity index (χ3v) is 2.48. The van der Waals surface area contributed by atoms with E-state index in [1.807, 2.05) is 0 Å². The second-order valence-corrected chi connectivity index (χ2v) is 4.10. The summed E-state index contributed by atoms with van der Waals surface area (Å²) in [6.07, 6.45) is 1.43. The highest BCUT2D eigenvalue weighted by Crippen LogP contribution is 2.28. The van der Waals surface area contributed by atoms with Crippen LogP contribution in [0.25, 0.3) is 0 Å². The highest BCUT2D eigenvalue weighted by molar-refractivity contribution is 9.10. The van der Waals surface area contributed by atoms with Crippen LogP contribution in [0.3, 0.4) is 0 Å². The van der Waals surface area contributed by atoms with Gasteiger partial charge in [0.1, 0.15) is 0 Å². The number of aliphatic hydroxyl groups excluding tert-OH is 2. The summed E-state index contributed by atoms with van der Waals surface area (Å²) in [4.78, 5) is 15.7. The van der Waals surface area contributed by atoms with Crippen molar-refractivity contribution in [3.63, 3.8) is 0 Å². The first-order valence-corrected chi connectivity index (χ1v) is 5.66. The lowest BCUT2D eigenvalue weighted by atomic mass is 10.3. The monoisotopic (exact) mass is 305 g/mol. The van der Waals surface area contributed by atoms with E-state index in [2.05, 4.69) is 20.9 Å². The Hall–Kier alpha value is -1.25. The zero-order valence-corrected chi connectivity index (χ0v) is 10.5. The lowest BCUT2D eigenvalue weighted by Crippen LogP contribution is -2.31. The van der Waals surface area contributed by atoms with Gasteiger partial charge >= 0.3 is 5.69 Å². The van der Waals surface area contributed by atoms with Gasteiger partial charge in [0.2, 0.25) is 5.82 Å². The van der Waals surface area contributed by atoms with Crippen molar-refractivity contribution in [3.05, 3.63) is 26.9 Å². The molecule has 1 rings (SSSR count). The minimum Gasteiger partial charge on any atom is -0.395 e. The summed E-state index contributed by atoms with van der Waals surface area (Å²) in [6.45, 7) is 0.00978. The maximum absolute atomic E-state index is 10.9. The highest BCUT2D eigenvalue weighted by atomic mass is 79.9. The predicted molar refractivity (Wildman–Crippen MR) is 65.0 cm³/mol. The summed E-state index contributed by atoms with van der Waals surface area (Å²) in [5, 5.41) is 28.6. The number of halogens is 1. The van der Waals surface area contributed by atoms with Crippen molar-refractivity contribution in [2.24, 2.45) is 0 Å². The Morgan fingerprint density at radius 1 is 1.41 bits per heavy atom. The van der Waals surface area contributed by atoms with Gasteiger partial charge in [0.05, 0.1) is 18.1 Å². The number of rotatable bonds is 6. The molecule has 0 aliphatic carbocycles. The molecule has 7 nitrogen and oxygen atoms in total. The van der Waals surface area contributed by atoms with Crippen molar-refractivity contribution >= 4 is 27.4 Å². The molecular weight excluding hydrogens is 294 g/mol. The van der Waals surface area contributed by atoms with Crippen LogP contribution in [0.2, 0.25) is 0 Å². The summed E-state index contributed by atoms with van der Waals surface area (Å²) < 4.78 is 0.501. The second kappa shape index (κ2) is 6.48. The zero-order valence-electron chi connectivity index (χ0n) is 8.91. The summed E-state index contributed by atoms with van der Waals surface area (Å²) in [5.74, 6) is 0.140. The molecule has 17 heavy (non-hydrogen) atoms. The average Bonchev–Trinajstić information content (AvgIpc) is 2.28. The van der Waals surface area contributed by atoms with Crippen molar-refractivity contribution in [2.75, 3.05) is 31.2 Å². The van der Waals surface area contributed by atoms with E-state index < -0.39 is 4.92 Å². The number of nitrogens with zero attached hydrogens (tertiary/aromatic N) is 3. The van der Waals surface area contributed by atoms with Crippen molar-refractivity contribution in [2.45, 2.75) is 0 Å². The summed E-state index contributed by atoms with van der Waals surface area (Å²) in [7, 11) is 0. The van der Waals surface area contributed by atoms with Crippen LogP contribution in [0.4, 0.5) is 11.5 Å². The fraction of sp³-hybridized carbons (Fsp3) is 0.444. The number of aromatic nitrogens is 1. The van der Waals surface area contributed by atoms with Crippen molar-refractivity contribution in [3.8, 4) is 0 Å². The molecule has 94 valence electrons. The van der Waals surface area contributed by atoms with Crippen molar-refractivity contribution < 1.29 is 15.1 Å². The predicted octanol–water partition coefficient (Wildman–Crippen LogP) is 0.543. The Kier molecular flexibility index (Phi) is 5.26. The van der Waals surface area contributed by atoms with Crippen LogP contribution in [0.1, 0.15) is 0 Å². The van der Waals surface area contributed by atoms with Gasteiger partial charge in [-0.05, 0) is 15.9 Å². The number of hydrogen-bond acceptors (Lipinski definition) is 6. The molecule has 0 aromatic carbocycles. The molecule has 0 atom stereocenters. The van der Waals surface area contributed by atoms with Crippen LogP contribution in [0, 0.1) is 10.1 Å². The third kappa shape index (κ3) is 3.62. The SMILES string of the molecule is O=[N+]([O-])c1cc(Br)cnc1N(CCO)CCO. The van der Waals surface area contributed by atoms with Crippen molar-refractivity contribution in [1.29, 1.82) is 0 Å². The molecule has 0 unspecified atom stereocenters. The van der Waals surface area contributed by atoms with Gasteiger partial charge in [0, 0.05) is 29.8 Å². The molecule has 2 N–H and O–H groups in total. The Bertz CT molecular complexity index is 396. The molecule has 0 amide bonds. The topological polar surface area (TPSA) is 99.7 Å². The molecule has 1 aromatic heterocycles. The van der Waals surface area contributed by atoms with Crippen LogP contribution in [-0.2, 0) is 0 Å². The second-order valence-electron chi connectivity index (χ2n) is 3.19. The normalized spacial score (nSPS) is 10.3. The number of anilines is 1. The molecular formula is C9H12BrN3O4. The Labute approximate surface area is 106 Å². The Morgan fingerprint density at radius 2 is 2.00 bits per heavy atom. The Balaban J connectivity index is 3.12. The van der Waals surface area contributed by atoms with Gasteiger partial charge in [-0.15, -0.1) is 0 Å². The zero-order chi connectivity index (χ0) is 12.8. The van der Waals surface area contributed by atoms with Gasteiger partial charge in [-0.2, -0.15) is 0 Å². The van der Waals surface area contributed by atoms with Crippen LogP contribution < -0.4 is 4.90 Å². The molecule has 0 bridgehead atoms. The maximum atomic E-state index is 10.9. The first-order chi connectivity index (χ1) is 8.10. The fourth-order valence-corrected chi connectivity index (χ4v) is 1.68. The van der Waals surface area contributed by atoms with Crippen LogP contribution >= 0.6 is 15.9 Å². The van der Waals surface area contributed by atoms with Gasteiger partial charge in [-0.1, -0.05) is 0 Å². The lowest BCUT2D eigenvalue weighted by Gasteiger charge is -2.21. The highest BCUT2D eigenvalue weighted by Gasteiger charge is 2.21. The minimum atomic E-state index is -0.547. The molecule has 1 heterocycles. The van der Waals surface area contributed by atoms with Gasteiger partial charge in [0.25, 0.3) is 0 Å². The minimum absolute atomic E-state index is 0.140. The summed E-state index contributed by atoms with van der Waals surface area (Å²) in [6, 6.07) is 1.34. The van der Waals surface area contributed by atoms with Crippen LogP contribution in [0.5, 0.6) is 0 Å². The van der Waals surface area contributed by atoms with E-state index >= 15 is 0 Å². The molecule has 8 heteroatoms. The van der Waals surface area contributed by atoms with E-state index in [1.54, 1.807) is 0 Å². The van der Waals surface area contributed by atoms with Gasteiger partial charge < -0.3 is 15.1 Å². The van der Waals surface area contributed by atoms with Crippen LogP contribution in [-0.4, -0.2) is 46.4 Å². The molecule has 1 aromatic rings. The molecule has 0 saturated heterocycles. The van der Waals surface area contributed by atoms with Gasteiger partial charge in [0.15, 0.2) is 0 Å².